The van der Waals surface area contributed by atoms with Gasteiger partial charge in [0.05, 0.1) is 19.8 Å². The van der Waals surface area contributed by atoms with Crippen LogP contribution in [-0.2, 0) is 17.6 Å². The van der Waals surface area contributed by atoms with Gasteiger partial charge >= 0.3 is 0 Å². The van der Waals surface area contributed by atoms with Crippen molar-refractivity contribution in [2.75, 3.05) is 13.7 Å². The summed E-state index contributed by atoms with van der Waals surface area (Å²) < 4.78 is 5.21. The number of aliphatic hydroxyl groups is 1. The summed E-state index contributed by atoms with van der Waals surface area (Å²) in [6.45, 7) is 1.70. The number of fused-ring (bicyclic) bond motifs is 1. The number of nitrogens with zero attached hydrogens (tertiary/aromatic N) is 1. The van der Waals surface area contributed by atoms with E-state index in [-0.39, 0.29) is 30.0 Å². The van der Waals surface area contributed by atoms with Gasteiger partial charge in [0, 0.05) is 18.5 Å². The van der Waals surface area contributed by atoms with Crippen molar-refractivity contribution in [3.63, 3.8) is 0 Å². The highest BCUT2D eigenvalue weighted by molar-refractivity contribution is 5.73. The molecule has 3 N–H and O–H groups in total. The Morgan fingerprint density at radius 3 is 2.79 bits per heavy atom. The third kappa shape index (κ3) is 4.22. The normalized spacial score (nSPS) is 17.3. The maximum Gasteiger partial charge on any atom is 0.219 e. The Bertz CT molecular complexity index is 851. The van der Waals surface area contributed by atoms with Crippen LogP contribution in [0.4, 0.5) is 0 Å². The molecule has 0 aliphatic heterocycles. The van der Waals surface area contributed by atoms with Crippen LogP contribution >= 0.6 is 0 Å². The van der Waals surface area contributed by atoms with E-state index >= 15 is 0 Å². The number of aromatic hydroxyl groups is 2. The summed E-state index contributed by atoms with van der Waals surface area (Å²) in [7, 11) is 1.57. The van der Waals surface area contributed by atoms with Gasteiger partial charge in [-0.25, -0.2) is 0 Å². The van der Waals surface area contributed by atoms with Gasteiger partial charge in [-0.05, 0) is 55.0 Å². The minimum Gasteiger partial charge on any atom is -0.504 e. The topological polar surface area (TPSA) is 90.2 Å². The van der Waals surface area contributed by atoms with Crippen LogP contribution in [0.25, 0.3) is 0 Å². The zero-order valence-corrected chi connectivity index (χ0v) is 16.3. The zero-order chi connectivity index (χ0) is 20.3. The number of phenols is 2. The fourth-order valence-corrected chi connectivity index (χ4v) is 3.95. The number of carbonyl (C=O) groups is 1. The number of methoxy groups -OCH3 is 1. The number of amides is 1. The molecule has 0 fully saturated rings. The Morgan fingerprint density at radius 1 is 1.29 bits per heavy atom. The van der Waals surface area contributed by atoms with E-state index < -0.39 is 6.10 Å². The third-order valence-electron chi connectivity index (χ3n) is 5.47. The number of aliphatic hydroxyl groups excluding tert-OH is 1. The monoisotopic (exact) mass is 385 g/mol. The van der Waals surface area contributed by atoms with Gasteiger partial charge in [-0.3, -0.25) is 4.79 Å². The number of hydrogen-bond donors (Lipinski definition) is 3. The van der Waals surface area contributed by atoms with Crippen molar-refractivity contribution < 1.29 is 24.9 Å². The largest absolute Gasteiger partial charge is 0.504 e. The van der Waals surface area contributed by atoms with Gasteiger partial charge in [0.15, 0.2) is 11.5 Å². The molecular formula is C22H27NO5. The lowest BCUT2D eigenvalue weighted by molar-refractivity contribution is -0.133. The molecule has 150 valence electrons. The molecule has 2 unspecified atom stereocenters. The van der Waals surface area contributed by atoms with Crippen LogP contribution in [0.2, 0.25) is 0 Å². The van der Waals surface area contributed by atoms with Crippen LogP contribution in [0.15, 0.2) is 36.4 Å². The first-order valence-electron chi connectivity index (χ1n) is 9.52. The summed E-state index contributed by atoms with van der Waals surface area (Å²) in [5.41, 5.74) is 2.38. The van der Waals surface area contributed by atoms with Crippen LogP contribution in [0.1, 0.15) is 42.6 Å². The second-order valence-corrected chi connectivity index (χ2v) is 7.28. The van der Waals surface area contributed by atoms with Crippen molar-refractivity contribution in [1.29, 1.82) is 0 Å². The lowest BCUT2D eigenvalue weighted by Crippen LogP contribution is -2.42. The SMILES string of the molecule is COc1cccc(C(O)CN(C(C)=O)C2CCCc3c(ccc(O)c3O)C2)c1. The van der Waals surface area contributed by atoms with E-state index in [4.69, 9.17) is 4.74 Å². The molecule has 1 amide bonds. The van der Waals surface area contributed by atoms with Crippen molar-refractivity contribution in [2.45, 2.75) is 44.8 Å². The lowest BCUT2D eigenvalue weighted by Gasteiger charge is -2.32. The molecular weight excluding hydrogens is 358 g/mol. The highest BCUT2D eigenvalue weighted by atomic mass is 16.5. The quantitative estimate of drug-likeness (QED) is 0.544. The number of benzene rings is 2. The number of ether oxygens (including phenoxy) is 1. The predicted molar refractivity (Wildman–Crippen MR) is 106 cm³/mol. The molecule has 0 saturated carbocycles. The summed E-state index contributed by atoms with van der Waals surface area (Å²) in [5.74, 6) is 0.376. The number of hydrogen-bond acceptors (Lipinski definition) is 5. The predicted octanol–water partition coefficient (Wildman–Crippen LogP) is 2.94. The number of rotatable bonds is 5. The van der Waals surface area contributed by atoms with Gasteiger partial charge in [-0.15, -0.1) is 0 Å². The summed E-state index contributed by atoms with van der Waals surface area (Å²) in [6.07, 6.45) is 1.95. The third-order valence-corrected chi connectivity index (χ3v) is 5.47. The Kier molecular flexibility index (Phi) is 6.09. The Morgan fingerprint density at radius 2 is 2.07 bits per heavy atom. The van der Waals surface area contributed by atoms with Crippen LogP contribution in [0.5, 0.6) is 17.2 Å². The lowest BCUT2D eigenvalue weighted by atomic mass is 9.99. The van der Waals surface area contributed by atoms with Gasteiger partial charge < -0.3 is 25.0 Å². The molecule has 2 aromatic carbocycles. The number of carbonyl (C=O) groups excluding carboxylic acids is 1. The second kappa shape index (κ2) is 8.52. The second-order valence-electron chi connectivity index (χ2n) is 7.28. The van der Waals surface area contributed by atoms with Crippen molar-refractivity contribution >= 4 is 5.91 Å². The van der Waals surface area contributed by atoms with E-state index in [1.165, 1.54) is 13.0 Å². The minimum atomic E-state index is -0.824. The average molecular weight is 385 g/mol. The van der Waals surface area contributed by atoms with Crippen molar-refractivity contribution in [3.8, 4) is 17.2 Å². The van der Waals surface area contributed by atoms with E-state index in [1.807, 2.05) is 18.2 Å². The molecule has 1 aliphatic carbocycles. The molecule has 2 aromatic rings. The zero-order valence-electron chi connectivity index (χ0n) is 16.3. The maximum absolute atomic E-state index is 12.4. The number of phenolic OH excluding ortho intramolecular Hbond substituents is 2. The summed E-state index contributed by atoms with van der Waals surface area (Å²) in [5, 5.41) is 30.6. The van der Waals surface area contributed by atoms with Crippen molar-refractivity contribution in [2.24, 2.45) is 0 Å². The van der Waals surface area contributed by atoms with Gasteiger partial charge in [0.1, 0.15) is 5.75 Å². The van der Waals surface area contributed by atoms with Crippen LogP contribution in [-0.4, -0.2) is 45.8 Å². The molecule has 0 aromatic heterocycles. The van der Waals surface area contributed by atoms with E-state index in [1.54, 1.807) is 24.1 Å². The van der Waals surface area contributed by atoms with Crippen LogP contribution in [0.3, 0.4) is 0 Å². The van der Waals surface area contributed by atoms with E-state index in [0.29, 0.717) is 24.2 Å². The fraction of sp³-hybridized carbons (Fsp3) is 0.409. The Hall–Kier alpha value is -2.73. The van der Waals surface area contributed by atoms with Crippen LogP contribution < -0.4 is 4.74 Å². The first-order chi connectivity index (χ1) is 13.4. The van der Waals surface area contributed by atoms with Gasteiger partial charge in [0.2, 0.25) is 5.91 Å². The van der Waals surface area contributed by atoms with E-state index in [9.17, 15) is 20.1 Å². The molecule has 0 bridgehead atoms. The van der Waals surface area contributed by atoms with Gasteiger partial charge in [-0.1, -0.05) is 18.2 Å². The molecule has 0 heterocycles. The fourth-order valence-electron chi connectivity index (χ4n) is 3.95. The van der Waals surface area contributed by atoms with E-state index in [0.717, 1.165) is 24.0 Å². The smallest absolute Gasteiger partial charge is 0.219 e. The minimum absolute atomic E-state index is 0.0658. The van der Waals surface area contributed by atoms with Gasteiger partial charge in [0.25, 0.3) is 0 Å². The van der Waals surface area contributed by atoms with Crippen molar-refractivity contribution in [3.05, 3.63) is 53.1 Å². The molecule has 0 spiro atoms. The molecule has 3 rings (SSSR count). The van der Waals surface area contributed by atoms with Crippen molar-refractivity contribution in [1.82, 2.24) is 4.90 Å². The summed E-state index contributed by atoms with van der Waals surface area (Å²) in [6, 6.07) is 10.4. The molecule has 0 saturated heterocycles. The molecule has 1 aliphatic rings. The highest BCUT2D eigenvalue weighted by Crippen LogP contribution is 2.36. The molecule has 6 heteroatoms. The Balaban J connectivity index is 1.81. The summed E-state index contributed by atoms with van der Waals surface area (Å²) in [4.78, 5) is 14.1. The van der Waals surface area contributed by atoms with Gasteiger partial charge in [-0.2, -0.15) is 0 Å². The first-order valence-corrected chi connectivity index (χ1v) is 9.52. The molecule has 0 radical (unpaired) electrons. The Labute approximate surface area is 165 Å². The molecule has 6 nitrogen and oxygen atoms in total. The summed E-state index contributed by atoms with van der Waals surface area (Å²) >= 11 is 0. The van der Waals surface area contributed by atoms with E-state index in [2.05, 4.69) is 0 Å². The highest BCUT2D eigenvalue weighted by Gasteiger charge is 2.28. The average Bonchev–Trinajstić information content (AvgIpc) is 2.91. The first kappa shape index (κ1) is 20.0. The molecule has 28 heavy (non-hydrogen) atoms. The standard InChI is InChI=1S/C22H27NO5/c1-14(24)23(13-21(26)16-5-3-7-18(12-16)28-2)17-6-4-8-19-15(11-17)9-10-20(25)22(19)27/h3,5,7,9-10,12,17,21,25-27H,4,6,8,11,13H2,1-2H3. The maximum atomic E-state index is 12.4. The molecule has 2 atom stereocenters. The van der Waals surface area contributed by atoms with Crippen LogP contribution in [0, 0.1) is 0 Å².